The number of hydrogen-bond acceptors (Lipinski definition) is 5. The number of nitrogens with zero attached hydrogens (tertiary/aromatic N) is 5. The smallest absolute Gasteiger partial charge is 0.132 e. The molecule has 27 heavy (non-hydrogen) atoms. The first-order valence-corrected chi connectivity index (χ1v) is 8.72. The number of fused-ring (bicyclic) bond motifs is 3. The molecule has 0 aliphatic carbocycles. The van der Waals surface area contributed by atoms with Crippen molar-refractivity contribution in [2.24, 2.45) is 0 Å². The molecule has 0 N–H and O–H groups in total. The topological polar surface area (TPSA) is 56.1 Å². The zero-order chi connectivity index (χ0) is 17.5. The monoisotopic (exact) mass is 387 g/mol. The zero-order valence-electron chi connectivity index (χ0n) is 14.5. The van der Waals surface area contributed by atoms with E-state index >= 15 is 0 Å². The predicted molar refractivity (Wildman–Crippen MR) is 99.8 cm³/mol. The molecule has 4 heterocycles. The van der Waals surface area contributed by atoms with Crippen LogP contribution in [0.15, 0.2) is 48.7 Å². The summed E-state index contributed by atoms with van der Waals surface area (Å²) in [4.78, 5) is 6.72. The second-order valence-corrected chi connectivity index (χ2v) is 6.74. The molecule has 2 atom stereocenters. The average molecular weight is 388 g/mol. The number of benzene rings is 1. The summed E-state index contributed by atoms with van der Waals surface area (Å²) in [7, 11) is 0. The standard InChI is InChI=1S/C19H18FN5O.ClH/c20-15-7-2-1-6-14(15)19-17-12-26-18-11-24(9-13-5-3-4-8-21-13)10-16(18)25(17)23-22-19;/h1-8,16,18H,9-12H2;1H/t16-,18+;/m0./s1. The largest absolute Gasteiger partial charge is 0.368 e. The summed E-state index contributed by atoms with van der Waals surface area (Å²) in [5.74, 6) is -0.291. The second-order valence-electron chi connectivity index (χ2n) is 6.74. The van der Waals surface area contributed by atoms with Crippen LogP contribution in [-0.2, 0) is 17.9 Å². The number of aromatic nitrogens is 4. The van der Waals surface area contributed by atoms with Crippen LogP contribution in [0.2, 0.25) is 0 Å². The molecule has 1 aromatic carbocycles. The lowest BCUT2D eigenvalue weighted by atomic mass is 10.1. The van der Waals surface area contributed by atoms with Gasteiger partial charge >= 0.3 is 0 Å². The van der Waals surface area contributed by atoms with Crippen molar-refractivity contribution in [3.05, 3.63) is 65.9 Å². The highest BCUT2D eigenvalue weighted by Gasteiger charge is 2.40. The molecular formula is C19H19ClFN5O. The van der Waals surface area contributed by atoms with E-state index in [2.05, 4.69) is 20.2 Å². The molecule has 0 saturated carbocycles. The van der Waals surface area contributed by atoms with Crippen LogP contribution >= 0.6 is 12.4 Å². The van der Waals surface area contributed by atoms with Gasteiger partial charge in [-0.1, -0.05) is 23.4 Å². The third-order valence-electron chi connectivity index (χ3n) is 5.09. The van der Waals surface area contributed by atoms with Gasteiger partial charge < -0.3 is 4.74 Å². The van der Waals surface area contributed by atoms with Crippen molar-refractivity contribution < 1.29 is 9.13 Å². The molecule has 0 bridgehead atoms. The fourth-order valence-corrected chi connectivity index (χ4v) is 3.84. The predicted octanol–water partition coefficient (Wildman–Crippen LogP) is 2.86. The maximum absolute atomic E-state index is 14.2. The Morgan fingerprint density at radius 3 is 2.78 bits per heavy atom. The number of halogens is 2. The normalized spacial score (nSPS) is 21.4. The van der Waals surface area contributed by atoms with Crippen molar-refractivity contribution in [1.82, 2.24) is 24.9 Å². The molecule has 0 spiro atoms. The minimum Gasteiger partial charge on any atom is -0.368 e. The van der Waals surface area contributed by atoms with Gasteiger partial charge in [-0.2, -0.15) is 0 Å². The Morgan fingerprint density at radius 1 is 1.11 bits per heavy atom. The molecular weight excluding hydrogens is 369 g/mol. The summed E-state index contributed by atoms with van der Waals surface area (Å²) in [6, 6.07) is 12.7. The summed E-state index contributed by atoms with van der Waals surface area (Å²) in [6.07, 6.45) is 1.88. The third kappa shape index (κ3) is 3.22. The fourth-order valence-electron chi connectivity index (χ4n) is 3.84. The first-order chi connectivity index (χ1) is 12.8. The molecule has 1 fully saturated rings. The van der Waals surface area contributed by atoms with Gasteiger partial charge in [-0.05, 0) is 24.3 Å². The van der Waals surface area contributed by atoms with Crippen LogP contribution < -0.4 is 0 Å². The van der Waals surface area contributed by atoms with Crippen molar-refractivity contribution in [2.45, 2.75) is 25.3 Å². The van der Waals surface area contributed by atoms with Crippen LogP contribution in [-0.4, -0.2) is 44.1 Å². The molecule has 2 aliphatic rings. The van der Waals surface area contributed by atoms with E-state index in [1.807, 2.05) is 29.1 Å². The first kappa shape index (κ1) is 18.0. The highest BCUT2D eigenvalue weighted by molar-refractivity contribution is 5.85. The number of likely N-dealkylation sites (tertiary alicyclic amines) is 1. The molecule has 3 aromatic rings. The molecule has 6 nitrogen and oxygen atoms in total. The van der Waals surface area contributed by atoms with E-state index in [9.17, 15) is 4.39 Å². The molecule has 1 saturated heterocycles. The lowest BCUT2D eigenvalue weighted by molar-refractivity contribution is -0.00496. The second kappa shape index (κ2) is 7.34. The van der Waals surface area contributed by atoms with Crippen LogP contribution in [0.1, 0.15) is 17.4 Å². The molecule has 0 amide bonds. The number of pyridine rings is 1. The van der Waals surface area contributed by atoms with Crippen molar-refractivity contribution in [3.8, 4) is 11.3 Å². The zero-order valence-corrected chi connectivity index (χ0v) is 15.3. The first-order valence-electron chi connectivity index (χ1n) is 8.72. The van der Waals surface area contributed by atoms with Gasteiger partial charge in [0.05, 0.1) is 30.1 Å². The van der Waals surface area contributed by atoms with E-state index in [-0.39, 0.29) is 30.4 Å². The summed E-state index contributed by atoms with van der Waals surface area (Å²) in [5, 5.41) is 8.60. The van der Waals surface area contributed by atoms with E-state index in [4.69, 9.17) is 4.74 Å². The van der Waals surface area contributed by atoms with Crippen molar-refractivity contribution in [2.75, 3.05) is 13.1 Å². The highest BCUT2D eigenvalue weighted by atomic mass is 35.5. The summed E-state index contributed by atoms with van der Waals surface area (Å²) in [6.45, 7) is 2.82. The van der Waals surface area contributed by atoms with Gasteiger partial charge in [0.1, 0.15) is 11.5 Å². The minimum atomic E-state index is -0.291. The Hall–Kier alpha value is -2.35. The summed E-state index contributed by atoms with van der Waals surface area (Å²) in [5.41, 5.74) is 2.93. The fraction of sp³-hybridized carbons (Fsp3) is 0.316. The average Bonchev–Trinajstić information content (AvgIpc) is 3.26. The highest BCUT2D eigenvalue weighted by Crippen LogP contribution is 2.35. The van der Waals surface area contributed by atoms with Gasteiger partial charge in [-0.15, -0.1) is 17.5 Å². The van der Waals surface area contributed by atoms with Crippen molar-refractivity contribution >= 4 is 12.4 Å². The van der Waals surface area contributed by atoms with Gasteiger partial charge in [0.2, 0.25) is 0 Å². The third-order valence-corrected chi connectivity index (χ3v) is 5.09. The Balaban J connectivity index is 0.00000180. The molecule has 0 radical (unpaired) electrons. The maximum atomic E-state index is 14.2. The summed E-state index contributed by atoms with van der Waals surface area (Å²) >= 11 is 0. The van der Waals surface area contributed by atoms with Crippen LogP contribution in [0.5, 0.6) is 0 Å². The SMILES string of the molecule is Cl.Fc1ccccc1-c1nnn2c1CO[C@@H]1CN(Cc3ccccn3)C[C@@H]12. The lowest BCUT2D eigenvalue weighted by Crippen LogP contribution is -2.32. The van der Waals surface area contributed by atoms with Crippen molar-refractivity contribution in [3.63, 3.8) is 0 Å². The van der Waals surface area contributed by atoms with Gasteiger partial charge in [-0.25, -0.2) is 9.07 Å². The van der Waals surface area contributed by atoms with Crippen LogP contribution in [0.25, 0.3) is 11.3 Å². The molecule has 2 aliphatic heterocycles. The number of hydrogen-bond donors (Lipinski definition) is 0. The number of rotatable bonds is 3. The van der Waals surface area contributed by atoms with Crippen LogP contribution in [0.4, 0.5) is 4.39 Å². The van der Waals surface area contributed by atoms with E-state index in [1.165, 1.54) is 6.07 Å². The van der Waals surface area contributed by atoms with E-state index in [0.29, 0.717) is 17.9 Å². The van der Waals surface area contributed by atoms with Crippen LogP contribution in [0, 0.1) is 5.82 Å². The Kier molecular flexibility index (Phi) is 4.90. The lowest BCUT2D eigenvalue weighted by Gasteiger charge is -2.26. The van der Waals surface area contributed by atoms with E-state index in [1.54, 1.807) is 18.2 Å². The number of ether oxygens (including phenoxy) is 1. The minimum absolute atomic E-state index is 0. The molecule has 2 aromatic heterocycles. The Morgan fingerprint density at radius 2 is 1.96 bits per heavy atom. The van der Waals surface area contributed by atoms with Gasteiger partial charge in [-0.3, -0.25) is 9.88 Å². The summed E-state index contributed by atoms with van der Waals surface area (Å²) < 4.78 is 22.2. The molecule has 5 rings (SSSR count). The van der Waals surface area contributed by atoms with E-state index < -0.39 is 0 Å². The van der Waals surface area contributed by atoms with Gasteiger partial charge in [0.25, 0.3) is 0 Å². The quantitative estimate of drug-likeness (QED) is 0.691. The van der Waals surface area contributed by atoms with E-state index in [0.717, 1.165) is 31.0 Å². The Bertz CT molecular complexity index is 935. The van der Waals surface area contributed by atoms with Crippen molar-refractivity contribution in [1.29, 1.82) is 0 Å². The Labute approximate surface area is 162 Å². The molecule has 0 unspecified atom stereocenters. The van der Waals surface area contributed by atoms with Crippen LogP contribution in [0.3, 0.4) is 0 Å². The van der Waals surface area contributed by atoms with Gasteiger partial charge in [0, 0.05) is 31.4 Å². The van der Waals surface area contributed by atoms with Gasteiger partial charge in [0.15, 0.2) is 0 Å². The maximum Gasteiger partial charge on any atom is 0.132 e. The molecule has 140 valence electrons. The molecule has 8 heteroatoms.